The lowest BCUT2D eigenvalue weighted by molar-refractivity contribution is -0.115. The van der Waals surface area contributed by atoms with Crippen LogP contribution in [0.1, 0.15) is 13.8 Å². The van der Waals surface area contributed by atoms with Crippen LogP contribution in [0.3, 0.4) is 0 Å². The zero-order chi connectivity index (χ0) is 17.7. The van der Waals surface area contributed by atoms with Gasteiger partial charge in [0, 0.05) is 20.6 Å². The van der Waals surface area contributed by atoms with Gasteiger partial charge in [0.15, 0.2) is 0 Å². The number of nitrogens with zero attached hydrogens (tertiary/aromatic N) is 7. The van der Waals surface area contributed by atoms with Gasteiger partial charge in [0.2, 0.25) is 23.0 Å². The van der Waals surface area contributed by atoms with Crippen LogP contribution in [0.15, 0.2) is 11.5 Å². The standard InChI is InChI=1S/C13H21N9OS/c1-8(2)5-15-10-17-11(21(3)4)19-12(18-10)22-7-16-13(20-22)24-6-9(14)23/h7-8H,5-6H2,1-4H3,(H2,14,23)(H,15,17,18,19). The summed E-state index contributed by atoms with van der Waals surface area (Å²) in [7, 11) is 3.70. The van der Waals surface area contributed by atoms with E-state index < -0.39 is 5.91 Å². The van der Waals surface area contributed by atoms with E-state index in [1.807, 2.05) is 14.1 Å². The SMILES string of the molecule is CC(C)CNc1nc(N(C)C)nc(-n2cnc(SCC(N)=O)n2)n1. The number of thioether (sulfide) groups is 1. The Bertz CT molecular complexity index is 701. The topological polar surface area (TPSA) is 128 Å². The molecule has 0 saturated carbocycles. The van der Waals surface area contributed by atoms with E-state index in [2.05, 4.69) is 44.2 Å². The second-order valence-electron chi connectivity index (χ2n) is 5.65. The molecule has 10 nitrogen and oxygen atoms in total. The predicted octanol–water partition coefficient (Wildman–Crippen LogP) is 0.164. The maximum absolute atomic E-state index is 10.8. The highest BCUT2D eigenvalue weighted by Gasteiger charge is 2.12. The molecule has 0 spiro atoms. The molecule has 0 unspecified atom stereocenters. The minimum Gasteiger partial charge on any atom is -0.369 e. The van der Waals surface area contributed by atoms with Crippen molar-refractivity contribution < 1.29 is 4.79 Å². The summed E-state index contributed by atoms with van der Waals surface area (Å²) in [6, 6.07) is 0. The molecule has 0 aliphatic heterocycles. The highest BCUT2D eigenvalue weighted by Crippen LogP contribution is 2.14. The van der Waals surface area contributed by atoms with E-state index in [9.17, 15) is 4.79 Å². The number of hydrogen-bond acceptors (Lipinski definition) is 9. The lowest BCUT2D eigenvalue weighted by Gasteiger charge is -2.13. The molecule has 2 rings (SSSR count). The highest BCUT2D eigenvalue weighted by atomic mass is 32.2. The van der Waals surface area contributed by atoms with Crippen LogP contribution >= 0.6 is 11.8 Å². The van der Waals surface area contributed by atoms with Crippen molar-refractivity contribution in [1.29, 1.82) is 0 Å². The summed E-state index contributed by atoms with van der Waals surface area (Å²) in [5.41, 5.74) is 5.12. The summed E-state index contributed by atoms with van der Waals surface area (Å²) >= 11 is 1.16. The number of primary amides is 1. The molecule has 24 heavy (non-hydrogen) atoms. The van der Waals surface area contributed by atoms with Gasteiger partial charge >= 0.3 is 0 Å². The molecule has 2 aromatic rings. The fourth-order valence-electron chi connectivity index (χ4n) is 1.58. The number of nitrogens with two attached hydrogens (primary N) is 1. The molecular formula is C13H21N9OS. The van der Waals surface area contributed by atoms with Crippen molar-refractivity contribution >= 4 is 29.6 Å². The summed E-state index contributed by atoms with van der Waals surface area (Å²) in [6.07, 6.45) is 1.49. The van der Waals surface area contributed by atoms with E-state index in [-0.39, 0.29) is 5.75 Å². The molecular weight excluding hydrogens is 330 g/mol. The predicted molar refractivity (Wildman–Crippen MR) is 92.3 cm³/mol. The van der Waals surface area contributed by atoms with Crippen molar-refractivity contribution in [3.05, 3.63) is 6.33 Å². The Labute approximate surface area is 144 Å². The van der Waals surface area contributed by atoms with E-state index in [0.717, 1.165) is 18.3 Å². The van der Waals surface area contributed by atoms with Gasteiger partial charge in [-0.25, -0.2) is 4.98 Å². The van der Waals surface area contributed by atoms with Crippen molar-refractivity contribution in [3.8, 4) is 5.95 Å². The van der Waals surface area contributed by atoms with Crippen LogP contribution in [0.4, 0.5) is 11.9 Å². The molecule has 0 bridgehead atoms. The quantitative estimate of drug-likeness (QED) is 0.639. The molecule has 2 heterocycles. The molecule has 130 valence electrons. The Balaban J connectivity index is 2.26. The number of carbonyl (C=O) groups is 1. The normalized spacial score (nSPS) is 10.9. The van der Waals surface area contributed by atoms with Gasteiger partial charge in [-0.05, 0) is 5.92 Å². The van der Waals surface area contributed by atoms with Crippen molar-refractivity contribution in [2.24, 2.45) is 11.7 Å². The Morgan fingerprint density at radius 2 is 2.12 bits per heavy atom. The van der Waals surface area contributed by atoms with E-state index in [1.54, 1.807) is 4.90 Å². The second kappa shape index (κ2) is 7.90. The molecule has 0 fully saturated rings. The van der Waals surface area contributed by atoms with Gasteiger partial charge in [-0.15, -0.1) is 5.10 Å². The average Bonchev–Trinajstić information content (AvgIpc) is 2.99. The van der Waals surface area contributed by atoms with Crippen molar-refractivity contribution in [3.63, 3.8) is 0 Å². The number of anilines is 2. The lowest BCUT2D eigenvalue weighted by Crippen LogP contribution is -2.19. The van der Waals surface area contributed by atoms with Crippen LogP contribution in [0.25, 0.3) is 5.95 Å². The zero-order valence-corrected chi connectivity index (χ0v) is 14.9. The van der Waals surface area contributed by atoms with E-state index in [1.165, 1.54) is 11.0 Å². The molecule has 2 aromatic heterocycles. The van der Waals surface area contributed by atoms with E-state index in [4.69, 9.17) is 5.73 Å². The van der Waals surface area contributed by atoms with Gasteiger partial charge in [0.1, 0.15) is 6.33 Å². The average molecular weight is 351 g/mol. The van der Waals surface area contributed by atoms with Gasteiger partial charge in [-0.2, -0.15) is 19.6 Å². The lowest BCUT2D eigenvalue weighted by atomic mass is 10.2. The van der Waals surface area contributed by atoms with E-state index in [0.29, 0.717) is 28.9 Å². The minimum absolute atomic E-state index is 0.116. The maximum Gasteiger partial charge on any atom is 0.258 e. The molecule has 3 N–H and O–H groups in total. The van der Waals surface area contributed by atoms with Crippen LogP contribution in [-0.4, -0.2) is 62.0 Å². The van der Waals surface area contributed by atoms with Gasteiger partial charge in [0.25, 0.3) is 5.95 Å². The van der Waals surface area contributed by atoms with Crippen LogP contribution < -0.4 is 16.0 Å². The fourth-order valence-corrected chi connectivity index (χ4v) is 2.12. The molecule has 0 aromatic carbocycles. The molecule has 0 aliphatic carbocycles. The van der Waals surface area contributed by atoms with Crippen LogP contribution in [-0.2, 0) is 4.79 Å². The first-order valence-corrected chi connectivity index (χ1v) is 8.34. The Hall–Kier alpha value is -2.43. The number of aromatic nitrogens is 6. The monoisotopic (exact) mass is 351 g/mol. The molecule has 1 amide bonds. The fraction of sp³-hybridized carbons (Fsp3) is 0.538. The summed E-state index contributed by atoms with van der Waals surface area (Å²) in [5.74, 6) is 1.47. The summed E-state index contributed by atoms with van der Waals surface area (Å²) in [6.45, 7) is 4.94. The molecule has 0 radical (unpaired) electrons. The number of carbonyl (C=O) groups excluding carboxylic acids is 1. The van der Waals surface area contributed by atoms with Crippen molar-refractivity contribution in [1.82, 2.24) is 29.7 Å². The number of nitrogens with one attached hydrogen (secondary N) is 1. The Morgan fingerprint density at radius 3 is 2.75 bits per heavy atom. The third-order valence-corrected chi connectivity index (χ3v) is 3.57. The first-order valence-electron chi connectivity index (χ1n) is 7.35. The zero-order valence-electron chi connectivity index (χ0n) is 14.1. The van der Waals surface area contributed by atoms with Gasteiger partial charge in [-0.1, -0.05) is 25.6 Å². The van der Waals surface area contributed by atoms with Gasteiger partial charge < -0.3 is 16.0 Å². The summed E-state index contributed by atoms with van der Waals surface area (Å²) in [4.78, 5) is 29.8. The first-order chi connectivity index (χ1) is 11.3. The summed E-state index contributed by atoms with van der Waals surface area (Å²) in [5, 5.41) is 7.86. The van der Waals surface area contributed by atoms with Gasteiger partial charge in [0.05, 0.1) is 5.75 Å². The molecule has 11 heteroatoms. The van der Waals surface area contributed by atoms with E-state index >= 15 is 0 Å². The Kier molecular flexibility index (Phi) is 5.90. The minimum atomic E-state index is -0.424. The molecule has 0 aliphatic rings. The van der Waals surface area contributed by atoms with Crippen LogP contribution in [0.5, 0.6) is 0 Å². The second-order valence-corrected chi connectivity index (χ2v) is 6.60. The van der Waals surface area contributed by atoms with Crippen molar-refractivity contribution in [2.75, 3.05) is 36.6 Å². The number of amides is 1. The Morgan fingerprint density at radius 1 is 1.38 bits per heavy atom. The first kappa shape index (κ1) is 17.9. The van der Waals surface area contributed by atoms with Crippen LogP contribution in [0, 0.1) is 5.92 Å². The molecule has 0 saturated heterocycles. The van der Waals surface area contributed by atoms with Crippen molar-refractivity contribution in [2.45, 2.75) is 19.0 Å². The smallest absolute Gasteiger partial charge is 0.258 e. The number of hydrogen-bond donors (Lipinski definition) is 2. The maximum atomic E-state index is 10.8. The summed E-state index contributed by atoms with van der Waals surface area (Å²) < 4.78 is 1.44. The largest absolute Gasteiger partial charge is 0.369 e. The van der Waals surface area contributed by atoms with Crippen LogP contribution in [0.2, 0.25) is 0 Å². The van der Waals surface area contributed by atoms with Gasteiger partial charge in [-0.3, -0.25) is 4.79 Å². The number of rotatable bonds is 8. The highest BCUT2D eigenvalue weighted by molar-refractivity contribution is 7.99. The third-order valence-electron chi connectivity index (χ3n) is 2.70. The molecule has 0 atom stereocenters. The third kappa shape index (κ3) is 5.05.